The van der Waals surface area contributed by atoms with Crippen LogP contribution in [0.3, 0.4) is 0 Å². The topological polar surface area (TPSA) is 57.6 Å². The summed E-state index contributed by atoms with van der Waals surface area (Å²) in [5, 5.41) is 11.5. The first kappa shape index (κ1) is 17.1. The minimum Gasteiger partial charge on any atom is -0.363 e. The van der Waals surface area contributed by atoms with E-state index in [1.54, 1.807) is 12.1 Å². The van der Waals surface area contributed by atoms with E-state index in [-0.39, 0.29) is 16.7 Å². The zero-order valence-electron chi connectivity index (χ0n) is 13.9. The van der Waals surface area contributed by atoms with Crippen LogP contribution in [0, 0.1) is 11.6 Å². The average Bonchev–Trinajstić information content (AvgIpc) is 2.90. The summed E-state index contributed by atoms with van der Waals surface area (Å²) in [6, 6.07) is 16.4. The summed E-state index contributed by atoms with van der Waals surface area (Å²) in [6.45, 7) is 0. The van der Waals surface area contributed by atoms with Gasteiger partial charge >= 0.3 is 0 Å². The lowest BCUT2D eigenvalue weighted by atomic mass is 9.93. The molecule has 2 amide bonds. The van der Waals surface area contributed by atoms with Crippen molar-refractivity contribution in [3.63, 3.8) is 0 Å². The molecule has 27 heavy (non-hydrogen) atoms. The highest BCUT2D eigenvalue weighted by molar-refractivity contribution is 6.14. The van der Waals surface area contributed by atoms with Crippen molar-refractivity contribution in [3.05, 3.63) is 107 Å². The molecule has 134 valence electrons. The molecule has 1 heterocycles. The first-order valence-corrected chi connectivity index (χ1v) is 8.16. The van der Waals surface area contributed by atoms with Gasteiger partial charge in [-0.25, -0.2) is 13.7 Å². The van der Waals surface area contributed by atoms with Gasteiger partial charge in [-0.2, -0.15) is 0 Å². The lowest BCUT2D eigenvalue weighted by Crippen LogP contribution is -2.49. The van der Waals surface area contributed by atoms with Gasteiger partial charge in [0.1, 0.15) is 11.6 Å². The summed E-state index contributed by atoms with van der Waals surface area (Å²) >= 11 is 0. The van der Waals surface area contributed by atoms with Gasteiger partial charge in [0, 0.05) is 16.7 Å². The number of hydrogen-bond acceptors (Lipinski definition) is 3. The summed E-state index contributed by atoms with van der Waals surface area (Å²) in [6.07, 6.45) is 0. The molecule has 0 radical (unpaired) electrons. The van der Waals surface area contributed by atoms with Crippen molar-refractivity contribution in [3.8, 4) is 0 Å². The summed E-state index contributed by atoms with van der Waals surface area (Å²) in [7, 11) is 0. The third-order valence-corrected chi connectivity index (χ3v) is 4.62. The van der Waals surface area contributed by atoms with Gasteiger partial charge in [-0.3, -0.25) is 9.59 Å². The molecule has 1 N–H and O–H groups in total. The Hall–Kier alpha value is -3.38. The number of hydrogen-bond donors (Lipinski definition) is 1. The van der Waals surface area contributed by atoms with Crippen molar-refractivity contribution < 1.29 is 23.5 Å². The van der Waals surface area contributed by atoms with Gasteiger partial charge in [-0.15, -0.1) is 0 Å². The molecule has 4 nitrogen and oxygen atoms in total. The Morgan fingerprint density at radius 3 is 2.04 bits per heavy atom. The quantitative estimate of drug-likeness (QED) is 0.708. The van der Waals surface area contributed by atoms with Gasteiger partial charge in [0.15, 0.2) is 0 Å². The average molecular weight is 365 g/mol. The minimum absolute atomic E-state index is 0.0490. The van der Waals surface area contributed by atoms with Crippen molar-refractivity contribution in [1.29, 1.82) is 0 Å². The van der Waals surface area contributed by atoms with Crippen LogP contribution < -0.4 is 0 Å². The van der Waals surface area contributed by atoms with Crippen LogP contribution in [0.4, 0.5) is 8.78 Å². The van der Waals surface area contributed by atoms with E-state index in [1.165, 1.54) is 48.5 Å². The van der Waals surface area contributed by atoms with Crippen molar-refractivity contribution >= 4 is 11.8 Å². The second-order valence-electron chi connectivity index (χ2n) is 6.12. The van der Waals surface area contributed by atoms with Crippen molar-refractivity contribution in [2.24, 2.45) is 0 Å². The van der Waals surface area contributed by atoms with Crippen LogP contribution in [0.1, 0.15) is 31.8 Å². The summed E-state index contributed by atoms with van der Waals surface area (Å²) < 4.78 is 28.7. The van der Waals surface area contributed by atoms with Crippen molar-refractivity contribution in [2.45, 2.75) is 5.72 Å². The number of benzene rings is 3. The van der Waals surface area contributed by atoms with Crippen molar-refractivity contribution in [2.75, 3.05) is 0 Å². The van der Waals surface area contributed by atoms with Crippen LogP contribution in [0.25, 0.3) is 0 Å². The lowest BCUT2D eigenvalue weighted by Gasteiger charge is -2.33. The molecule has 0 spiro atoms. The predicted octanol–water partition coefficient (Wildman–Crippen LogP) is 3.45. The van der Waals surface area contributed by atoms with Crippen LogP contribution >= 0.6 is 0 Å². The first-order chi connectivity index (χ1) is 13.0. The maximum atomic E-state index is 14.5. The Balaban J connectivity index is 1.98. The first-order valence-electron chi connectivity index (χ1n) is 8.16. The van der Waals surface area contributed by atoms with Gasteiger partial charge in [-0.05, 0) is 24.3 Å². The second-order valence-corrected chi connectivity index (χ2v) is 6.12. The Kier molecular flexibility index (Phi) is 3.86. The molecule has 3 aromatic rings. The van der Waals surface area contributed by atoms with E-state index in [2.05, 4.69) is 0 Å². The summed E-state index contributed by atoms with van der Waals surface area (Å²) in [5.74, 6) is -3.53. The Morgan fingerprint density at radius 1 is 0.815 bits per heavy atom. The highest BCUT2D eigenvalue weighted by Gasteiger charge is 2.54. The lowest BCUT2D eigenvalue weighted by molar-refractivity contribution is -0.0383. The van der Waals surface area contributed by atoms with E-state index in [0.29, 0.717) is 4.90 Å². The van der Waals surface area contributed by atoms with E-state index >= 15 is 0 Å². The Bertz CT molecular complexity index is 1080. The molecular weight excluding hydrogens is 352 g/mol. The fourth-order valence-corrected chi connectivity index (χ4v) is 3.37. The second kappa shape index (κ2) is 6.10. The monoisotopic (exact) mass is 365 g/mol. The zero-order chi connectivity index (χ0) is 19.2. The van der Waals surface area contributed by atoms with Crippen LogP contribution in [0.15, 0.2) is 72.8 Å². The van der Waals surface area contributed by atoms with Crippen LogP contribution in [-0.2, 0) is 5.72 Å². The number of nitrogens with zero attached hydrogens (tertiary/aromatic N) is 1. The smallest absolute Gasteiger partial charge is 0.266 e. The van der Waals surface area contributed by atoms with Gasteiger partial charge < -0.3 is 5.11 Å². The third kappa shape index (κ3) is 2.38. The zero-order valence-corrected chi connectivity index (χ0v) is 13.9. The number of carbonyl (C=O) groups is 2. The van der Waals surface area contributed by atoms with E-state index in [1.807, 2.05) is 0 Å². The standard InChI is InChI=1S/C21H13F2NO3/c22-17-11-5-2-8-14(17)20(26)24-19(25)13-7-1-3-9-15(13)21(24,27)16-10-4-6-12-18(16)23/h1-12,27H. The van der Waals surface area contributed by atoms with Gasteiger partial charge in [0.2, 0.25) is 5.72 Å². The summed E-state index contributed by atoms with van der Waals surface area (Å²) in [5.41, 5.74) is -2.95. The fraction of sp³-hybridized carbons (Fsp3) is 0.0476. The van der Waals surface area contributed by atoms with E-state index < -0.39 is 34.7 Å². The molecule has 0 saturated heterocycles. The number of halogens is 2. The van der Waals surface area contributed by atoms with Crippen molar-refractivity contribution in [1.82, 2.24) is 4.90 Å². The van der Waals surface area contributed by atoms with E-state index in [4.69, 9.17) is 0 Å². The Morgan fingerprint density at radius 2 is 1.37 bits per heavy atom. The number of amides is 2. The van der Waals surface area contributed by atoms with Crippen LogP contribution in [0.5, 0.6) is 0 Å². The van der Waals surface area contributed by atoms with Crippen LogP contribution in [-0.4, -0.2) is 21.8 Å². The third-order valence-electron chi connectivity index (χ3n) is 4.62. The molecule has 1 aliphatic rings. The molecule has 1 atom stereocenters. The number of fused-ring (bicyclic) bond motifs is 1. The molecule has 3 aromatic carbocycles. The van der Waals surface area contributed by atoms with Crippen LogP contribution in [0.2, 0.25) is 0 Å². The molecule has 0 bridgehead atoms. The molecule has 1 aliphatic heterocycles. The predicted molar refractivity (Wildman–Crippen MR) is 92.7 cm³/mol. The molecule has 0 fully saturated rings. The SMILES string of the molecule is O=C(c1ccccc1F)N1C(=O)c2ccccc2C1(O)c1ccccc1F. The maximum Gasteiger partial charge on any atom is 0.266 e. The number of carbonyl (C=O) groups excluding carboxylic acids is 2. The number of imide groups is 1. The molecule has 0 saturated carbocycles. The maximum absolute atomic E-state index is 14.5. The molecule has 0 aliphatic carbocycles. The molecule has 1 unspecified atom stereocenters. The van der Waals surface area contributed by atoms with E-state index in [0.717, 1.165) is 12.1 Å². The molecule has 4 rings (SSSR count). The highest BCUT2D eigenvalue weighted by atomic mass is 19.1. The highest BCUT2D eigenvalue weighted by Crippen LogP contribution is 2.43. The minimum atomic E-state index is -2.39. The largest absolute Gasteiger partial charge is 0.363 e. The van der Waals surface area contributed by atoms with Gasteiger partial charge in [0.05, 0.1) is 5.56 Å². The summed E-state index contributed by atoms with van der Waals surface area (Å²) in [4.78, 5) is 26.5. The molecular formula is C21H13F2NO3. The normalized spacial score (nSPS) is 18.5. The van der Waals surface area contributed by atoms with E-state index in [9.17, 15) is 23.5 Å². The van der Waals surface area contributed by atoms with Gasteiger partial charge in [-0.1, -0.05) is 48.5 Å². The molecule has 6 heteroatoms. The Labute approximate surface area is 153 Å². The van der Waals surface area contributed by atoms with Gasteiger partial charge in [0.25, 0.3) is 11.8 Å². The fourth-order valence-electron chi connectivity index (χ4n) is 3.37. The molecule has 0 aromatic heterocycles. The number of aliphatic hydroxyl groups is 1. The number of rotatable bonds is 2.